The van der Waals surface area contributed by atoms with E-state index in [0.717, 1.165) is 18.2 Å². The maximum Gasteiger partial charge on any atom is 0.375 e. The Kier molecular flexibility index (Phi) is 4.85. The van der Waals surface area contributed by atoms with Crippen LogP contribution < -0.4 is 5.32 Å². The van der Waals surface area contributed by atoms with Crippen molar-refractivity contribution in [3.63, 3.8) is 0 Å². The SMILES string of the molecule is CCOCc1c(C(=O)O[C@@H](C)C(=O)NC2CC2)oc2ccccc12. The fraction of sp³-hybridized carbons (Fsp3) is 0.444. The molecule has 1 fully saturated rings. The van der Waals surface area contributed by atoms with Gasteiger partial charge < -0.3 is 19.2 Å². The molecule has 0 unspecified atom stereocenters. The smallest absolute Gasteiger partial charge is 0.375 e. The largest absolute Gasteiger partial charge is 0.449 e. The summed E-state index contributed by atoms with van der Waals surface area (Å²) in [4.78, 5) is 24.4. The summed E-state index contributed by atoms with van der Waals surface area (Å²) in [5, 5.41) is 3.63. The number of benzene rings is 1. The Morgan fingerprint density at radius 2 is 2.08 bits per heavy atom. The number of nitrogens with one attached hydrogen (secondary N) is 1. The van der Waals surface area contributed by atoms with Gasteiger partial charge in [0, 0.05) is 23.6 Å². The zero-order chi connectivity index (χ0) is 17.1. The third-order valence-corrected chi connectivity index (χ3v) is 3.91. The number of carbonyl (C=O) groups excluding carboxylic acids is 2. The Balaban J connectivity index is 1.78. The van der Waals surface area contributed by atoms with Crippen LogP contribution in [0.3, 0.4) is 0 Å². The van der Waals surface area contributed by atoms with Crippen LogP contribution in [-0.2, 0) is 20.9 Å². The first-order valence-corrected chi connectivity index (χ1v) is 8.19. The average Bonchev–Trinajstić information content (AvgIpc) is 3.31. The predicted octanol–water partition coefficient (Wildman–Crippen LogP) is 2.79. The van der Waals surface area contributed by atoms with Crippen molar-refractivity contribution in [1.29, 1.82) is 0 Å². The van der Waals surface area contributed by atoms with Crippen molar-refractivity contribution in [1.82, 2.24) is 5.32 Å². The van der Waals surface area contributed by atoms with Crippen molar-refractivity contribution in [2.45, 2.75) is 45.4 Å². The molecule has 6 nitrogen and oxygen atoms in total. The van der Waals surface area contributed by atoms with E-state index < -0.39 is 12.1 Å². The van der Waals surface area contributed by atoms with Gasteiger partial charge in [0.1, 0.15) is 5.58 Å². The molecule has 1 N–H and O–H groups in total. The van der Waals surface area contributed by atoms with Crippen molar-refractivity contribution in [3.05, 3.63) is 35.6 Å². The lowest BCUT2D eigenvalue weighted by Crippen LogP contribution is -2.37. The van der Waals surface area contributed by atoms with Gasteiger partial charge in [-0.15, -0.1) is 0 Å². The van der Waals surface area contributed by atoms with E-state index in [1.165, 1.54) is 0 Å². The lowest BCUT2D eigenvalue weighted by Gasteiger charge is -2.12. The van der Waals surface area contributed by atoms with Crippen LogP contribution in [0.5, 0.6) is 0 Å². The minimum absolute atomic E-state index is 0.0933. The van der Waals surface area contributed by atoms with E-state index in [4.69, 9.17) is 13.9 Å². The number of rotatable bonds is 7. The molecule has 0 saturated heterocycles. The molecule has 1 aromatic heterocycles. The fourth-order valence-corrected chi connectivity index (χ4v) is 2.42. The highest BCUT2D eigenvalue weighted by molar-refractivity contribution is 5.97. The third-order valence-electron chi connectivity index (χ3n) is 3.91. The molecule has 0 spiro atoms. The van der Waals surface area contributed by atoms with Gasteiger partial charge in [-0.25, -0.2) is 4.79 Å². The number of furan rings is 1. The molecule has 1 atom stereocenters. The summed E-state index contributed by atoms with van der Waals surface area (Å²) in [6.45, 7) is 4.21. The summed E-state index contributed by atoms with van der Waals surface area (Å²) >= 11 is 0. The molecule has 1 aliphatic rings. The van der Waals surface area contributed by atoms with Crippen molar-refractivity contribution >= 4 is 22.8 Å². The Hall–Kier alpha value is -2.34. The number of carbonyl (C=O) groups is 2. The van der Waals surface area contributed by atoms with E-state index in [-0.39, 0.29) is 24.3 Å². The number of fused-ring (bicyclic) bond motifs is 1. The van der Waals surface area contributed by atoms with E-state index in [2.05, 4.69) is 5.32 Å². The van der Waals surface area contributed by atoms with Crippen LogP contribution in [0.25, 0.3) is 11.0 Å². The average molecular weight is 331 g/mol. The molecule has 24 heavy (non-hydrogen) atoms. The van der Waals surface area contributed by atoms with Gasteiger partial charge in [0.15, 0.2) is 6.10 Å². The van der Waals surface area contributed by atoms with Crippen LogP contribution in [0.2, 0.25) is 0 Å². The Bertz CT molecular complexity index is 747. The number of hydrogen-bond donors (Lipinski definition) is 1. The van der Waals surface area contributed by atoms with Crippen LogP contribution in [0, 0.1) is 0 Å². The van der Waals surface area contributed by atoms with E-state index in [0.29, 0.717) is 17.8 Å². The van der Waals surface area contributed by atoms with Crippen LogP contribution >= 0.6 is 0 Å². The molecule has 1 saturated carbocycles. The second-order valence-electron chi connectivity index (χ2n) is 5.87. The van der Waals surface area contributed by atoms with Gasteiger partial charge in [-0.2, -0.15) is 0 Å². The van der Waals surface area contributed by atoms with Gasteiger partial charge in [0.05, 0.1) is 6.61 Å². The Morgan fingerprint density at radius 3 is 2.79 bits per heavy atom. The van der Waals surface area contributed by atoms with Crippen molar-refractivity contribution in [3.8, 4) is 0 Å². The molecule has 0 bridgehead atoms. The summed E-state index contributed by atoms with van der Waals surface area (Å²) in [6, 6.07) is 7.57. The summed E-state index contributed by atoms with van der Waals surface area (Å²) in [5.74, 6) is -0.844. The number of esters is 1. The van der Waals surface area contributed by atoms with Crippen LogP contribution in [-0.4, -0.2) is 30.6 Å². The first-order chi connectivity index (χ1) is 11.6. The zero-order valence-electron chi connectivity index (χ0n) is 13.8. The van der Waals surface area contributed by atoms with Gasteiger partial charge in [0.25, 0.3) is 5.91 Å². The van der Waals surface area contributed by atoms with E-state index in [1.54, 1.807) is 13.0 Å². The quantitative estimate of drug-likeness (QED) is 0.789. The van der Waals surface area contributed by atoms with Gasteiger partial charge in [-0.05, 0) is 32.8 Å². The fourth-order valence-electron chi connectivity index (χ4n) is 2.42. The molecule has 0 aliphatic heterocycles. The second kappa shape index (κ2) is 7.05. The van der Waals surface area contributed by atoms with E-state index in [9.17, 15) is 9.59 Å². The normalized spacial score (nSPS) is 15.2. The minimum atomic E-state index is -0.869. The highest BCUT2D eigenvalue weighted by Gasteiger charge is 2.29. The molecule has 1 amide bonds. The molecule has 3 rings (SSSR count). The van der Waals surface area contributed by atoms with Gasteiger partial charge >= 0.3 is 5.97 Å². The molecule has 2 aromatic rings. The van der Waals surface area contributed by atoms with Crippen LogP contribution in [0.1, 0.15) is 42.8 Å². The maximum absolute atomic E-state index is 12.5. The Labute approximate surface area is 140 Å². The maximum atomic E-state index is 12.5. The topological polar surface area (TPSA) is 77.8 Å². The van der Waals surface area contributed by atoms with Crippen molar-refractivity contribution < 1.29 is 23.5 Å². The summed E-state index contributed by atoms with van der Waals surface area (Å²) in [6.07, 6.45) is 1.09. The van der Waals surface area contributed by atoms with Crippen molar-refractivity contribution in [2.75, 3.05) is 6.61 Å². The number of ether oxygens (including phenoxy) is 2. The standard InChI is InChI=1S/C18H21NO5/c1-3-22-10-14-13-6-4-5-7-15(13)24-16(14)18(21)23-11(2)17(20)19-12-8-9-12/h4-7,11-12H,3,8-10H2,1-2H3,(H,19,20)/t11-/m0/s1. The molecular weight excluding hydrogens is 310 g/mol. The first-order valence-electron chi connectivity index (χ1n) is 8.19. The predicted molar refractivity (Wildman–Crippen MR) is 87.6 cm³/mol. The van der Waals surface area contributed by atoms with Crippen LogP contribution in [0.4, 0.5) is 0 Å². The second-order valence-corrected chi connectivity index (χ2v) is 5.87. The number of amides is 1. The summed E-state index contributed by atoms with van der Waals surface area (Å²) in [7, 11) is 0. The molecule has 6 heteroatoms. The molecule has 1 heterocycles. The zero-order valence-corrected chi connectivity index (χ0v) is 13.8. The molecular formula is C18H21NO5. The Morgan fingerprint density at radius 1 is 1.33 bits per heavy atom. The van der Waals surface area contributed by atoms with Gasteiger partial charge in [0.2, 0.25) is 5.76 Å². The van der Waals surface area contributed by atoms with Gasteiger partial charge in [-0.1, -0.05) is 18.2 Å². The number of para-hydroxylation sites is 1. The van der Waals surface area contributed by atoms with Crippen LogP contribution in [0.15, 0.2) is 28.7 Å². The molecule has 0 radical (unpaired) electrons. The first kappa shape index (κ1) is 16.5. The van der Waals surface area contributed by atoms with E-state index in [1.807, 2.05) is 25.1 Å². The summed E-state index contributed by atoms with van der Waals surface area (Å²) in [5.41, 5.74) is 1.24. The number of hydrogen-bond acceptors (Lipinski definition) is 5. The lowest BCUT2D eigenvalue weighted by molar-refractivity contribution is -0.129. The highest BCUT2D eigenvalue weighted by atomic mass is 16.6. The molecule has 1 aromatic carbocycles. The summed E-state index contributed by atoms with van der Waals surface area (Å²) < 4.78 is 16.4. The van der Waals surface area contributed by atoms with Gasteiger partial charge in [-0.3, -0.25) is 4.79 Å². The lowest BCUT2D eigenvalue weighted by atomic mass is 10.1. The molecule has 128 valence electrons. The van der Waals surface area contributed by atoms with E-state index >= 15 is 0 Å². The highest BCUT2D eigenvalue weighted by Crippen LogP contribution is 2.27. The molecule has 1 aliphatic carbocycles. The third kappa shape index (κ3) is 3.59. The minimum Gasteiger partial charge on any atom is -0.449 e. The van der Waals surface area contributed by atoms with Crippen molar-refractivity contribution in [2.24, 2.45) is 0 Å². The monoisotopic (exact) mass is 331 g/mol.